The summed E-state index contributed by atoms with van der Waals surface area (Å²) < 4.78 is 5.73. The Kier molecular flexibility index (Phi) is 5.34. The van der Waals surface area contributed by atoms with Gasteiger partial charge in [0.25, 0.3) is 0 Å². The van der Waals surface area contributed by atoms with Crippen LogP contribution in [0.15, 0.2) is 23.3 Å². The summed E-state index contributed by atoms with van der Waals surface area (Å²) >= 11 is 0. The minimum Gasteiger partial charge on any atom is -0.450 e. The number of carbonyl (C=O) groups excluding carboxylic acids is 1. The van der Waals surface area contributed by atoms with Crippen molar-refractivity contribution in [1.82, 2.24) is 0 Å². The van der Waals surface area contributed by atoms with Gasteiger partial charge in [0, 0.05) is 5.57 Å². The van der Waals surface area contributed by atoms with Crippen molar-refractivity contribution in [3.05, 3.63) is 23.3 Å². The molecular weight excluding hydrogens is 408 g/mol. The first kappa shape index (κ1) is 23.6. The first-order chi connectivity index (χ1) is 15.3. The molecule has 0 saturated heterocycles. The number of aliphatic hydroxyl groups excluding tert-OH is 1. The normalized spacial score (nSPS) is 50.5. The Labute approximate surface area is 201 Å². The molecular formula is C30H46O3. The number of hydrogen-bond donors (Lipinski definition) is 1. The van der Waals surface area contributed by atoms with Crippen LogP contribution in [0.5, 0.6) is 0 Å². The third-order valence-electron chi connectivity index (χ3n) is 12.1. The van der Waals surface area contributed by atoms with Gasteiger partial charge in [-0.15, -0.1) is 0 Å². The number of hydrogen-bond acceptors (Lipinski definition) is 3. The summed E-state index contributed by atoms with van der Waals surface area (Å²) in [4.78, 5) is 12.9. The molecule has 1 aliphatic heterocycles. The van der Waals surface area contributed by atoms with E-state index in [1.165, 1.54) is 37.7 Å². The molecule has 5 aliphatic rings. The number of aliphatic hydroxyl groups is 1. The second kappa shape index (κ2) is 7.45. The maximum absolute atomic E-state index is 12.9. The third-order valence-corrected chi connectivity index (χ3v) is 12.1. The number of esters is 1. The molecule has 0 amide bonds. The van der Waals surface area contributed by atoms with Gasteiger partial charge in [-0.25, -0.2) is 4.79 Å². The maximum atomic E-state index is 12.9. The summed E-state index contributed by atoms with van der Waals surface area (Å²) in [5, 5.41) is 10.9. The van der Waals surface area contributed by atoms with E-state index in [-0.39, 0.29) is 29.0 Å². The van der Waals surface area contributed by atoms with Crippen LogP contribution in [-0.2, 0) is 9.53 Å². The summed E-state index contributed by atoms with van der Waals surface area (Å²) in [5.41, 5.74) is 3.04. The average molecular weight is 455 g/mol. The molecule has 3 heteroatoms. The molecule has 0 spiro atoms. The van der Waals surface area contributed by atoms with E-state index in [2.05, 4.69) is 60.6 Å². The highest BCUT2D eigenvalue weighted by molar-refractivity contribution is 5.92. The van der Waals surface area contributed by atoms with Gasteiger partial charge >= 0.3 is 5.97 Å². The van der Waals surface area contributed by atoms with Gasteiger partial charge in [-0.1, -0.05) is 40.2 Å². The van der Waals surface area contributed by atoms with Gasteiger partial charge in [0.05, 0.1) is 6.10 Å². The minimum atomic E-state index is -0.179. The fraction of sp³-hybridized carbons (Fsp3) is 0.833. The van der Waals surface area contributed by atoms with E-state index in [1.807, 2.05) is 0 Å². The molecule has 0 aromatic heterocycles. The van der Waals surface area contributed by atoms with Gasteiger partial charge in [0.15, 0.2) is 0 Å². The lowest BCUT2D eigenvalue weighted by Crippen LogP contribution is -2.63. The summed E-state index contributed by atoms with van der Waals surface area (Å²) in [5.74, 6) is 2.16. The lowest BCUT2D eigenvalue weighted by Gasteiger charge is -2.69. The largest absolute Gasteiger partial charge is 0.450 e. The zero-order chi connectivity index (χ0) is 24.0. The maximum Gasteiger partial charge on any atom is 0.335 e. The molecule has 3 nitrogen and oxygen atoms in total. The van der Waals surface area contributed by atoms with Crippen molar-refractivity contribution in [3.8, 4) is 0 Å². The monoisotopic (exact) mass is 454 g/mol. The lowest BCUT2D eigenvalue weighted by molar-refractivity contribution is -0.220. The Balaban J connectivity index is 1.46. The zero-order valence-corrected chi connectivity index (χ0v) is 22.0. The Bertz CT molecular complexity index is 894. The van der Waals surface area contributed by atoms with Gasteiger partial charge in [0.2, 0.25) is 0 Å². The summed E-state index contributed by atoms with van der Waals surface area (Å²) in [6.07, 6.45) is 13.3. The molecule has 3 unspecified atom stereocenters. The molecule has 5 rings (SSSR count). The predicted octanol–water partition coefficient (Wildman–Crippen LogP) is 6.85. The molecule has 1 heterocycles. The van der Waals surface area contributed by atoms with Crippen molar-refractivity contribution < 1.29 is 14.6 Å². The minimum absolute atomic E-state index is 0.00263. The Hall–Kier alpha value is -1.09. The molecule has 4 saturated carbocycles. The van der Waals surface area contributed by atoms with Crippen LogP contribution in [0.2, 0.25) is 0 Å². The van der Waals surface area contributed by atoms with Crippen LogP contribution in [0.3, 0.4) is 0 Å². The number of rotatable bonds is 2. The highest BCUT2D eigenvalue weighted by Gasteiger charge is 2.68. The van der Waals surface area contributed by atoms with Crippen LogP contribution in [-0.4, -0.2) is 23.3 Å². The van der Waals surface area contributed by atoms with E-state index in [1.54, 1.807) is 0 Å². The van der Waals surface area contributed by atoms with E-state index in [4.69, 9.17) is 4.74 Å². The molecule has 1 N–H and O–H groups in total. The van der Waals surface area contributed by atoms with Gasteiger partial charge in [-0.3, -0.25) is 0 Å². The Morgan fingerprint density at radius 1 is 0.939 bits per heavy atom. The van der Waals surface area contributed by atoms with Crippen molar-refractivity contribution in [3.63, 3.8) is 0 Å². The van der Waals surface area contributed by atoms with Gasteiger partial charge in [0.1, 0.15) is 6.10 Å². The molecule has 4 aliphatic carbocycles. The number of cyclic esters (lactones) is 1. The average Bonchev–Trinajstić information content (AvgIpc) is 3.24. The highest BCUT2D eigenvalue weighted by atomic mass is 16.5. The van der Waals surface area contributed by atoms with Crippen LogP contribution in [0, 0.1) is 45.3 Å². The van der Waals surface area contributed by atoms with Gasteiger partial charge in [-0.05, 0) is 123 Å². The fourth-order valence-electron chi connectivity index (χ4n) is 10.3. The van der Waals surface area contributed by atoms with Crippen molar-refractivity contribution >= 4 is 5.97 Å². The van der Waals surface area contributed by atoms with Gasteiger partial charge < -0.3 is 9.84 Å². The summed E-state index contributed by atoms with van der Waals surface area (Å²) in [6, 6.07) is 0. The van der Waals surface area contributed by atoms with Crippen molar-refractivity contribution in [2.24, 2.45) is 45.3 Å². The molecule has 0 radical (unpaired) electrons. The van der Waals surface area contributed by atoms with E-state index >= 15 is 0 Å². The molecule has 0 aromatic rings. The number of carbonyl (C=O) groups is 1. The predicted molar refractivity (Wildman–Crippen MR) is 132 cm³/mol. The molecule has 0 bridgehead atoms. The fourth-order valence-corrected chi connectivity index (χ4v) is 10.3. The summed E-state index contributed by atoms with van der Waals surface area (Å²) in [7, 11) is 0. The van der Waals surface area contributed by atoms with Crippen molar-refractivity contribution in [1.29, 1.82) is 0 Å². The Morgan fingerprint density at radius 2 is 1.64 bits per heavy atom. The lowest BCUT2D eigenvalue weighted by atomic mass is 9.35. The van der Waals surface area contributed by atoms with Crippen LogP contribution >= 0.6 is 0 Å². The number of allylic oxidation sites excluding steroid dienone is 1. The first-order valence-corrected chi connectivity index (χ1v) is 13.6. The second-order valence-electron chi connectivity index (χ2n) is 13.9. The van der Waals surface area contributed by atoms with Crippen LogP contribution in [0.25, 0.3) is 0 Å². The zero-order valence-electron chi connectivity index (χ0n) is 22.0. The van der Waals surface area contributed by atoms with Crippen LogP contribution in [0.4, 0.5) is 0 Å². The third kappa shape index (κ3) is 3.13. The summed E-state index contributed by atoms with van der Waals surface area (Å²) in [6.45, 7) is 16.5. The molecule has 4 fully saturated rings. The van der Waals surface area contributed by atoms with Gasteiger partial charge in [-0.2, -0.15) is 0 Å². The Morgan fingerprint density at radius 3 is 2.33 bits per heavy atom. The van der Waals surface area contributed by atoms with E-state index < -0.39 is 0 Å². The number of fused-ring (bicyclic) bond motifs is 5. The molecule has 0 aromatic carbocycles. The highest BCUT2D eigenvalue weighted by Crippen LogP contribution is 2.75. The van der Waals surface area contributed by atoms with Crippen molar-refractivity contribution in [2.75, 3.05) is 0 Å². The smallest absolute Gasteiger partial charge is 0.335 e. The van der Waals surface area contributed by atoms with Crippen molar-refractivity contribution in [2.45, 2.75) is 112 Å². The quantitative estimate of drug-likeness (QED) is 0.366. The number of ether oxygens (including phenoxy) is 1. The molecule has 9 atom stereocenters. The van der Waals surface area contributed by atoms with Crippen LogP contribution in [0.1, 0.15) is 99.8 Å². The van der Waals surface area contributed by atoms with Crippen LogP contribution < -0.4 is 0 Å². The van der Waals surface area contributed by atoms with E-state index in [9.17, 15) is 9.90 Å². The van der Waals surface area contributed by atoms with E-state index in [0.29, 0.717) is 34.5 Å². The topological polar surface area (TPSA) is 46.5 Å². The standard InChI is InChI=1S/C30H46O3/c1-18(2)16-19-17-21(26(32)33-19)20-10-14-29(6)22(20)8-9-24-28(5)13-12-25(31)27(3,4)23(28)11-15-30(24,29)7/h16-17,19-20,22-25,31H,8-15H2,1-7H3/t19-,20+,22?,23?,24?,25-,28-,29+,30+/m0/s1. The molecule has 33 heavy (non-hydrogen) atoms. The van der Waals surface area contributed by atoms with E-state index in [0.717, 1.165) is 24.8 Å². The second-order valence-corrected chi connectivity index (χ2v) is 13.9. The first-order valence-electron chi connectivity index (χ1n) is 13.6. The SMILES string of the molecule is CC(C)=C[C@H]1C=C([C@H]2CC[C@]3(C)C2CCC2[C@@]4(C)CC[C@H](O)C(C)(C)C4CC[C@]23C)C(=O)O1. The molecule has 184 valence electrons.